The second-order valence-electron chi connectivity index (χ2n) is 4.32. The van der Waals surface area contributed by atoms with Crippen LogP contribution in [0.4, 0.5) is 5.69 Å². The van der Waals surface area contributed by atoms with Crippen molar-refractivity contribution < 1.29 is 24.2 Å². The molecule has 0 aliphatic heterocycles. The number of carbonyl (C=O) groups is 3. The fraction of sp³-hybridized carbons (Fsp3) is 0.357. The van der Waals surface area contributed by atoms with Crippen molar-refractivity contribution in [3.8, 4) is 0 Å². The van der Waals surface area contributed by atoms with E-state index >= 15 is 0 Å². The predicted molar refractivity (Wildman–Crippen MR) is 78.6 cm³/mol. The van der Waals surface area contributed by atoms with Gasteiger partial charge in [0.1, 0.15) is 6.04 Å². The standard InChI is InChI=1S/C14H15ClN2O5/c1-3-22-13(19)7-12(8(2)18)17-16-9-4-5-10(14(20)21)11(15)6-9/h4-6,12H,3,7H2,1-2H3,(H,20,21). The predicted octanol–water partition coefficient (Wildman–Crippen LogP) is 3.03. The van der Waals surface area contributed by atoms with Crippen molar-refractivity contribution >= 4 is 35.0 Å². The number of rotatable bonds is 7. The second-order valence-corrected chi connectivity index (χ2v) is 4.73. The summed E-state index contributed by atoms with van der Waals surface area (Å²) in [4.78, 5) is 33.7. The smallest absolute Gasteiger partial charge is 0.337 e. The molecule has 0 bridgehead atoms. The Labute approximate surface area is 131 Å². The number of halogens is 1. The Bertz CT molecular complexity index is 615. The van der Waals surface area contributed by atoms with E-state index in [0.717, 1.165) is 0 Å². The van der Waals surface area contributed by atoms with Crippen molar-refractivity contribution in [3.63, 3.8) is 0 Å². The minimum absolute atomic E-state index is 0.00807. The largest absolute Gasteiger partial charge is 0.478 e. The summed E-state index contributed by atoms with van der Waals surface area (Å²) in [5.41, 5.74) is 0.223. The number of hydrogen-bond acceptors (Lipinski definition) is 6. The van der Waals surface area contributed by atoms with E-state index in [9.17, 15) is 14.4 Å². The maximum Gasteiger partial charge on any atom is 0.337 e. The molecule has 0 saturated carbocycles. The molecule has 1 atom stereocenters. The SMILES string of the molecule is CCOC(=O)CC(N=Nc1ccc(C(=O)O)c(Cl)c1)C(C)=O. The summed E-state index contributed by atoms with van der Waals surface area (Å²) in [7, 11) is 0. The molecule has 1 aromatic carbocycles. The van der Waals surface area contributed by atoms with Gasteiger partial charge in [0.05, 0.1) is 29.3 Å². The van der Waals surface area contributed by atoms with Crippen LogP contribution in [0.25, 0.3) is 0 Å². The van der Waals surface area contributed by atoms with Crippen LogP contribution in [0.5, 0.6) is 0 Å². The Morgan fingerprint density at radius 2 is 2.05 bits per heavy atom. The molecule has 0 aliphatic rings. The van der Waals surface area contributed by atoms with Crippen molar-refractivity contribution in [1.82, 2.24) is 0 Å². The Hall–Kier alpha value is -2.28. The van der Waals surface area contributed by atoms with E-state index in [-0.39, 0.29) is 35.1 Å². The Kier molecular flexibility index (Phi) is 6.65. The number of Topliss-reactive ketones (excluding diaryl/α,β-unsaturated/α-hetero) is 1. The molecule has 1 N–H and O–H groups in total. The summed E-state index contributed by atoms with van der Waals surface area (Å²) in [5.74, 6) is -2.02. The first-order valence-electron chi connectivity index (χ1n) is 6.45. The van der Waals surface area contributed by atoms with Crippen LogP contribution in [0.1, 0.15) is 30.6 Å². The lowest BCUT2D eigenvalue weighted by molar-refractivity contribution is -0.144. The van der Waals surface area contributed by atoms with Crippen molar-refractivity contribution in [2.75, 3.05) is 6.61 Å². The summed E-state index contributed by atoms with van der Waals surface area (Å²) in [6.45, 7) is 3.17. The van der Waals surface area contributed by atoms with Gasteiger partial charge in [-0.05, 0) is 32.0 Å². The summed E-state index contributed by atoms with van der Waals surface area (Å²) < 4.78 is 4.76. The van der Waals surface area contributed by atoms with Gasteiger partial charge in [-0.2, -0.15) is 10.2 Å². The first-order valence-corrected chi connectivity index (χ1v) is 6.82. The fourth-order valence-corrected chi connectivity index (χ4v) is 1.78. The van der Waals surface area contributed by atoms with Crippen LogP contribution in [0.3, 0.4) is 0 Å². The van der Waals surface area contributed by atoms with Crippen molar-refractivity contribution in [2.24, 2.45) is 10.2 Å². The van der Waals surface area contributed by atoms with E-state index in [4.69, 9.17) is 21.4 Å². The molecular weight excluding hydrogens is 312 g/mol. The Morgan fingerprint density at radius 3 is 2.55 bits per heavy atom. The molecule has 0 radical (unpaired) electrons. The number of esters is 1. The Morgan fingerprint density at radius 1 is 1.36 bits per heavy atom. The lowest BCUT2D eigenvalue weighted by atomic mass is 10.1. The number of nitrogens with zero attached hydrogens (tertiary/aromatic N) is 2. The van der Waals surface area contributed by atoms with Gasteiger partial charge in [-0.1, -0.05) is 11.6 Å². The zero-order valence-corrected chi connectivity index (χ0v) is 12.8. The zero-order chi connectivity index (χ0) is 16.7. The van der Waals surface area contributed by atoms with Gasteiger partial charge in [0.15, 0.2) is 5.78 Å². The molecule has 0 heterocycles. The molecular formula is C14H15ClN2O5. The second kappa shape index (κ2) is 8.23. The molecule has 1 aromatic rings. The maximum atomic E-state index is 11.4. The van der Waals surface area contributed by atoms with Gasteiger partial charge < -0.3 is 9.84 Å². The maximum absolute atomic E-state index is 11.4. The molecule has 1 unspecified atom stereocenters. The normalized spacial score (nSPS) is 12.1. The monoisotopic (exact) mass is 326 g/mol. The van der Waals surface area contributed by atoms with Gasteiger partial charge in [-0.25, -0.2) is 4.79 Å². The van der Waals surface area contributed by atoms with Crippen LogP contribution in [0.2, 0.25) is 5.02 Å². The molecule has 0 aliphatic carbocycles. The number of carboxylic acid groups (broad SMARTS) is 1. The number of azo groups is 1. The van der Waals surface area contributed by atoms with Gasteiger partial charge >= 0.3 is 11.9 Å². The molecule has 0 amide bonds. The first kappa shape index (κ1) is 17.8. The summed E-state index contributed by atoms with van der Waals surface area (Å²) in [6, 6.07) is 3.06. The molecule has 8 heteroatoms. The van der Waals surface area contributed by atoms with Crippen LogP contribution in [-0.2, 0) is 14.3 Å². The highest BCUT2D eigenvalue weighted by atomic mass is 35.5. The molecule has 0 fully saturated rings. The third-order valence-corrected chi connectivity index (χ3v) is 2.94. The van der Waals surface area contributed by atoms with Gasteiger partial charge in [0.2, 0.25) is 0 Å². The average Bonchev–Trinajstić information content (AvgIpc) is 2.43. The summed E-state index contributed by atoms with van der Waals surface area (Å²) in [6.07, 6.45) is -0.201. The number of carboxylic acids is 1. The highest BCUT2D eigenvalue weighted by molar-refractivity contribution is 6.33. The number of carbonyl (C=O) groups excluding carboxylic acids is 2. The minimum Gasteiger partial charge on any atom is -0.478 e. The molecule has 0 spiro atoms. The van der Waals surface area contributed by atoms with E-state index < -0.39 is 18.0 Å². The van der Waals surface area contributed by atoms with Gasteiger partial charge in [0, 0.05) is 0 Å². The van der Waals surface area contributed by atoms with E-state index in [1.807, 2.05) is 0 Å². The van der Waals surface area contributed by atoms with Gasteiger partial charge in [-0.15, -0.1) is 0 Å². The van der Waals surface area contributed by atoms with Crippen LogP contribution in [0, 0.1) is 0 Å². The third kappa shape index (κ3) is 5.25. The average molecular weight is 327 g/mol. The van der Waals surface area contributed by atoms with E-state index in [1.165, 1.54) is 25.1 Å². The van der Waals surface area contributed by atoms with E-state index in [1.54, 1.807) is 6.92 Å². The number of benzene rings is 1. The molecule has 22 heavy (non-hydrogen) atoms. The third-order valence-electron chi connectivity index (χ3n) is 2.63. The Balaban J connectivity index is 2.87. The zero-order valence-electron chi connectivity index (χ0n) is 12.1. The summed E-state index contributed by atoms with van der Waals surface area (Å²) in [5, 5.41) is 16.5. The highest BCUT2D eigenvalue weighted by Crippen LogP contribution is 2.23. The number of ether oxygens (including phenoxy) is 1. The lowest BCUT2D eigenvalue weighted by Gasteiger charge is -2.07. The fourth-order valence-electron chi connectivity index (χ4n) is 1.52. The van der Waals surface area contributed by atoms with Crippen molar-refractivity contribution in [2.45, 2.75) is 26.3 Å². The quantitative estimate of drug-likeness (QED) is 0.612. The van der Waals surface area contributed by atoms with Crippen molar-refractivity contribution in [1.29, 1.82) is 0 Å². The first-order chi connectivity index (χ1) is 10.3. The number of hydrogen-bond donors (Lipinski definition) is 1. The van der Waals surface area contributed by atoms with E-state index in [0.29, 0.717) is 0 Å². The highest BCUT2D eigenvalue weighted by Gasteiger charge is 2.19. The minimum atomic E-state index is -1.16. The molecule has 7 nitrogen and oxygen atoms in total. The van der Waals surface area contributed by atoms with Crippen LogP contribution in [-0.4, -0.2) is 35.5 Å². The van der Waals surface area contributed by atoms with E-state index in [2.05, 4.69) is 10.2 Å². The molecule has 118 valence electrons. The van der Waals surface area contributed by atoms with Gasteiger partial charge in [0.25, 0.3) is 0 Å². The topological polar surface area (TPSA) is 105 Å². The van der Waals surface area contributed by atoms with Crippen LogP contribution < -0.4 is 0 Å². The molecule has 0 saturated heterocycles. The van der Waals surface area contributed by atoms with Crippen LogP contribution in [0.15, 0.2) is 28.4 Å². The van der Waals surface area contributed by atoms with Crippen LogP contribution >= 0.6 is 11.6 Å². The summed E-state index contributed by atoms with van der Waals surface area (Å²) >= 11 is 5.80. The van der Waals surface area contributed by atoms with Gasteiger partial charge in [-0.3, -0.25) is 9.59 Å². The molecule has 0 aromatic heterocycles. The van der Waals surface area contributed by atoms with Crippen molar-refractivity contribution in [3.05, 3.63) is 28.8 Å². The molecule has 1 rings (SSSR count). The number of ketones is 1. The number of aromatic carboxylic acids is 1. The lowest BCUT2D eigenvalue weighted by Crippen LogP contribution is -2.20.